The molecule has 0 spiro atoms. The van der Waals surface area contributed by atoms with Crippen LogP contribution in [0, 0.1) is 0 Å². The average molecular weight is 310 g/mol. The summed E-state index contributed by atoms with van der Waals surface area (Å²) >= 11 is 0. The standard InChI is InChI=1S/C20H22OS/c1-20(2)17-7-5-6-8-18(17)22(4)19(20)14-11-15-9-12-16(21-3)13-10-15/h5-14H,1-4H3/b14-11+. The predicted octanol–water partition coefficient (Wildman–Crippen LogP) is 5.13. The Morgan fingerprint density at radius 1 is 0.955 bits per heavy atom. The normalized spacial score (nSPS) is 19.5. The van der Waals surface area contributed by atoms with Gasteiger partial charge in [0.2, 0.25) is 0 Å². The molecule has 0 bridgehead atoms. The molecule has 0 aliphatic carbocycles. The Bertz CT molecular complexity index is 752. The summed E-state index contributed by atoms with van der Waals surface area (Å²) in [5, 5.41) is 0. The Hall–Kier alpha value is -1.80. The van der Waals surface area contributed by atoms with E-state index >= 15 is 0 Å². The molecule has 1 unspecified atom stereocenters. The highest BCUT2D eigenvalue weighted by molar-refractivity contribution is 8.16. The summed E-state index contributed by atoms with van der Waals surface area (Å²) in [6.07, 6.45) is 6.86. The zero-order chi connectivity index (χ0) is 15.7. The highest BCUT2D eigenvalue weighted by atomic mass is 32.2. The smallest absolute Gasteiger partial charge is 0.118 e. The van der Waals surface area contributed by atoms with Gasteiger partial charge >= 0.3 is 0 Å². The van der Waals surface area contributed by atoms with Crippen molar-refractivity contribution in [1.29, 1.82) is 0 Å². The molecule has 0 fully saturated rings. The van der Waals surface area contributed by atoms with Crippen LogP contribution in [0.15, 0.2) is 59.5 Å². The van der Waals surface area contributed by atoms with Crippen molar-refractivity contribution in [2.75, 3.05) is 13.4 Å². The van der Waals surface area contributed by atoms with E-state index in [0.29, 0.717) is 0 Å². The molecule has 114 valence electrons. The van der Waals surface area contributed by atoms with E-state index in [0.717, 1.165) is 5.75 Å². The second-order valence-corrected chi connectivity index (χ2v) is 8.00. The number of hydrogen-bond acceptors (Lipinski definition) is 1. The first-order valence-corrected chi connectivity index (χ1v) is 9.12. The largest absolute Gasteiger partial charge is 0.497 e. The summed E-state index contributed by atoms with van der Waals surface area (Å²) < 4.78 is 5.21. The molecule has 1 nitrogen and oxygen atoms in total. The molecule has 2 aromatic carbocycles. The molecule has 2 heteroatoms. The Balaban J connectivity index is 1.95. The quantitative estimate of drug-likeness (QED) is 0.564. The highest BCUT2D eigenvalue weighted by Gasteiger charge is 2.34. The second kappa shape index (κ2) is 5.77. The van der Waals surface area contributed by atoms with E-state index < -0.39 is 0 Å². The van der Waals surface area contributed by atoms with Crippen LogP contribution in [-0.2, 0) is 5.41 Å². The molecule has 2 aromatic rings. The monoisotopic (exact) mass is 310 g/mol. The summed E-state index contributed by atoms with van der Waals surface area (Å²) in [6, 6.07) is 17.0. The summed E-state index contributed by atoms with van der Waals surface area (Å²) in [5.41, 5.74) is 2.78. The van der Waals surface area contributed by atoms with Gasteiger partial charge in [0.15, 0.2) is 0 Å². The molecule has 1 atom stereocenters. The number of hydrogen-bond donors (Lipinski definition) is 0. The SMILES string of the molecule is COc1ccc(/C=C/C2=S(C)c3ccccc3C2(C)C)cc1. The lowest BCUT2D eigenvalue weighted by molar-refractivity contribution is 0.415. The maximum atomic E-state index is 5.21. The first-order chi connectivity index (χ1) is 10.5. The summed E-state index contributed by atoms with van der Waals surface area (Å²) in [4.78, 5) is 2.99. The minimum absolute atomic E-state index is 0.109. The zero-order valence-electron chi connectivity index (χ0n) is 13.6. The van der Waals surface area contributed by atoms with Crippen molar-refractivity contribution in [2.45, 2.75) is 24.2 Å². The fourth-order valence-electron chi connectivity index (χ4n) is 3.08. The number of allylic oxidation sites excluding steroid dienone is 1. The lowest BCUT2D eigenvalue weighted by Gasteiger charge is -2.22. The maximum absolute atomic E-state index is 5.21. The van der Waals surface area contributed by atoms with Crippen LogP contribution in [-0.4, -0.2) is 18.2 Å². The third-order valence-electron chi connectivity index (χ3n) is 4.38. The van der Waals surface area contributed by atoms with Gasteiger partial charge < -0.3 is 4.74 Å². The highest BCUT2D eigenvalue weighted by Crippen LogP contribution is 2.46. The average Bonchev–Trinajstić information content (AvgIpc) is 2.73. The molecule has 0 amide bonds. The van der Waals surface area contributed by atoms with E-state index in [2.05, 4.69) is 68.7 Å². The van der Waals surface area contributed by atoms with E-state index in [4.69, 9.17) is 4.74 Å². The predicted molar refractivity (Wildman–Crippen MR) is 98.3 cm³/mol. The van der Waals surface area contributed by atoms with Gasteiger partial charge in [-0.15, -0.1) is 0 Å². The molecule has 1 aliphatic rings. The third kappa shape index (κ3) is 2.52. The van der Waals surface area contributed by atoms with Crippen LogP contribution in [0.4, 0.5) is 0 Å². The van der Waals surface area contributed by atoms with Crippen molar-refractivity contribution in [1.82, 2.24) is 0 Å². The molecule has 22 heavy (non-hydrogen) atoms. The molecule has 0 saturated heterocycles. The molecule has 0 saturated carbocycles. The van der Waals surface area contributed by atoms with Crippen LogP contribution < -0.4 is 4.74 Å². The molecule has 0 aromatic heterocycles. The van der Waals surface area contributed by atoms with Gasteiger partial charge in [-0.2, -0.15) is 10.5 Å². The molecule has 3 rings (SSSR count). The van der Waals surface area contributed by atoms with Crippen LogP contribution in [0.25, 0.3) is 6.08 Å². The number of benzene rings is 2. The maximum Gasteiger partial charge on any atom is 0.118 e. The van der Waals surface area contributed by atoms with Gasteiger partial charge in [-0.25, -0.2) is 0 Å². The van der Waals surface area contributed by atoms with Gasteiger partial charge in [0.25, 0.3) is 0 Å². The fraction of sp³-hybridized carbons (Fsp3) is 0.250. The number of fused-ring (bicyclic) bond motifs is 1. The van der Waals surface area contributed by atoms with E-state index in [9.17, 15) is 0 Å². The molecule has 1 aliphatic heterocycles. The van der Waals surface area contributed by atoms with Crippen LogP contribution in [0.2, 0.25) is 0 Å². The van der Waals surface area contributed by atoms with Crippen LogP contribution in [0.5, 0.6) is 5.75 Å². The molecular weight excluding hydrogens is 288 g/mol. The van der Waals surface area contributed by atoms with Gasteiger partial charge in [-0.3, -0.25) is 0 Å². The Kier molecular flexibility index (Phi) is 3.96. The lowest BCUT2D eigenvalue weighted by Crippen LogP contribution is -2.23. The second-order valence-electron chi connectivity index (χ2n) is 6.10. The summed E-state index contributed by atoms with van der Waals surface area (Å²) in [6.45, 7) is 4.66. The minimum atomic E-state index is 0.109. The van der Waals surface area contributed by atoms with Crippen molar-refractivity contribution in [3.63, 3.8) is 0 Å². The Morgan fingerprint density at radius 3 is 2.27 bits per heavy atom. The van der Waals surface area contributed by atoms with Crippen molar-refractivity contribution in [3.8, 4) is 5.75 Å². The number of rotatable bonds is 3. The molecule has 0 N–H and O–H groups in total. The summed E-state index contributed by atoms with van der Waals surface area (Å²) in [7, 11) is 1.87. The Morgan fingerprint density at radius 2 is 1.64 bits per heavy atom. The van der Waals surface area contributed by atoms with Crippen molar-refractivity contribution >= 4 is 21.4 Å². The zero-order valence-corrected chi connectivity index (χ0v) is 14.4. The van der Waals surface area contributed by atoms with Gasteiger partial charge in [-0.05, 0) is 40.4 Å². The van der Waals surface area contributed by atoms with E-state index in [-0.39, 0.29) is 15.9 Å². The van der Waals surface area contributed by atoms with Gasteiger partial charge in [0.05, 0.1) is 7.11 Å². The van der Waals surface area contributed by atoms with Gasteiger partial charge in [0.1, 0.15) is 5.75 Å². The summed E-state index contributed by atoms with van der Waals surface area (Å²) in [5.74, 6) is 0.897. The van der Waals surface area contributed by atoms with E-state index in [1.807, 2.05) is 12.1 Å². The fourth-order valence-corrected chi connectivity index (χ4v) is 5.40. The van der Waals surface area contributed by atoms with E-state index in [1.165, 1.54) is 20.9 Å². The van der Waals surface area contributed by atoms with E-state index in [1.54, 1.807) is 7.11 Å². The molecule has 0 radical (unpaired) electrons. The van der Waals surface area contributed by atoms with Crippen molar-refractivity contribution in [3.05, 3.63) is 65.7 Å². The van der Waals surface area contributed by atoms with Crippen LogP contribution in [0.1, 0.15) is 25.0 Å². The van der Waals surface area contributed by atoms with Crippen LogP contribution >= 0.6 is 10.5 Å². The van der Waals surface area contributed by atoms with Gasteiger partial charge in [-0.1, -0.05) is 56.3 Å². The Labute approximate surface area is 135 Å². The molecule has 1 heterocycles. The topological polar surface area (TPSA) is 9.23 Å². The first kappa shape index (κ1) is 15.1. The third-order valence-corrected chi connectivity index (χ3v) is 6.70. The number of methoxy groups -OCH3 is 1. The first-order valence-electron chi connectivity index (χ1n) is 7.49. The van der Waals surface area contributed by atoms with Gasteiger partial charge in [0, 0.05) is 10.3 Å². The lowest BCUT2D eigenvalue weighted by atomic mass is 9.81. The van der Waals surface area contributed by atoms with Crippen LogP contribution in [0.3, 0.4) is 0 Å². The number of ether oxygens (including phenoxy) is 1. The van der Waals surface area contributed by atoms with Crippen molar-refractivity contribution in [2.24, 2.45) is 0 Å². The minimum Gasteiger partial charge on any atom is -0.497 e. The van der Waals surface area contributed by atoms with Crippen molar-refractivity contribution < 1.29 is 4.74 Å². The molecular formula is C20H22OS.